The van der Waals surface area contributed by atoms with Crippen LogP contribution in [0, 0.1) is 12.8 Å². The van der Waals surface area contributed by atoms with Crippen molar-refractivity contribution in [3.63, 3.8) is 0 Å². The van der Waals surface area contributed by atoms with Crippen molar-refractivity contribution in [3.05, 3.63) is 33.8 Å². The maximum atomic E-state index is 5.93. The van der Waals surface area contributed by atoms with E-state index in [1.165, 1.54) is 36.1 Å². The minimum absolute atomic E-state index is 0.200. The summed E-state index contributed by atoms with van der Waals surface area (Å²) in [6.45, 7) is 4.50. The van der Waals surface area contributed by atoms with Crippen molar-refractivity contribution in [2.45, 2.75) is 51.6 Å². The van der Waals surface area contributed by atoms with Gasteiger partial charge >= 0.3 is 0 Å². The molecule has 1 fully saturated rings. The molecule has 0 spiro atoms. The maximum absolute atomic E-state index is 5.93. The molecule has 19 heavy (non-hydrogen) atoms. The lowest BCUT2D eigenvalue weighted by Gasteiger charge is -2.37. The molecule has 0 radical (unpaired) electrons. The number of hydrogen-bond donors (Lipinski definition) is 1. The van der Waals surface area contributed by atoms with E-state index in [1.807, 2.05) is 0 Å². The number of hydrogen-bond acceptors (Lipinski definition) is 4. The van der Waals surface area contributed by atoms with Crippen molar-refractivity contribution < 1.29 is 4.84 Å². The van der Waals surface area contributed by atoms with E-state index in [0.29, 0.717) is 17.8 Å². The van der Waals surface area contributed by atoms with E-state index < -0.39 is 0 Å². The smallest absolute Gasteiger partial charge is 0.207 e. The Morgan fingerprint density at radius 1 is 1.37 bits per heavy atom. The van der Waals surface area contributed by atoms with E-state index in [4.69, 9.17) is 10.6 Å². The molecule has 104 valence electrons. The predicted molar refractivity (Wildman–Crippen MR) is 78.4 cm³/mol. The highest BCUT2D eigenvalue weighted by molar-refractivity contribution is 7.10. The van der Waals surface area contributed by atoms with Crippen molar-refractivity contribution in [3.8, 4) is 0 Å². The van der Waals surface area contributed by atoms with Crippen LogP contribution in [0.4, 0.5) is 0 Å². The zero-order chi connectivity index (χ0) is 13.4. The van der Waals surface area contributed by atoms with E-state index >= 15 is 0 Å². The molecule has 0 aromatic carbocycles. The first-order valence-corrected chi connectivity index (χ1v) is 8.02. The Labute approximate surface area is 119 Å². The minimum atomic E-state index is 0.200. The van der Waals surface area contributed by atoms with E-state index in [1.54, 1.807) is 11.3 Å². The van der Waals surface area contributed by atoms with E-state index in [-0.39, 0.29) is 6.04 Å². The standard InChI is InChI=1S/C15H22N2OS/c1-10-5-3-4-6-12(10)17-13(9-14(16)18-17)15-11(2)7-8-19-15/h7-10,12-13H,3-6,16H2,1-2H3. The van der Waals surface area contributed by atoms with Gasteiger partial charge in [-0.1, -0.05) is 19.8 Å². The second kappa shape index (κ2) is 5.17. The third-order valence-corrected chi connectivity index (χ3v) is 5.46. The van der Waals surface area contributed by atoms with Gasteiger partial charge < -0.3 is 10.6 Å². The molecule has 1 aromatic rings. The van der Waals surface area contributed by atoms with Crippen molar-refractivity contribution >= 4 is 11.3 Å². The van der Waals surface area contributed by atoms with Crippen molar-refractivity contribution in [2.75, 3.05) is 0 Å². The van der Waals surface area contributed by atoms with Crippen LogP contribution < -0.4 is 5.73 Å². The fourth-order valence-corrected chi connectivity index (χ4v) is 4.25. The topological polar surface area (TPSA) is 38.5 Å². The third-order valence-electron chi connectivity index (χ3n) is 4.37. The van der Waals surface area contributed by atoms with Crippen molar-refractivity contribution in [1.29, 1.82) is 0 Å². The SMILES string of the molecule is Cc1ccsc1C1C=C(N)ON1C1CCCCC1C. The van der Waals surface area contributed by atoms with Gasteiger partial charge in [-0.25, -0.2) is 0 Å². The Bertz CT molecular complexity index is 482. The van der Waals surface area contributed by atoms with Crippen LogP contribution in [-0.4, -0.2) is 11.1 Å². The van der Waals surface area contributed by atoms with E-state index in [9.17, 15) is 0 Å². The van der Waals surface area contributed by atoms with Gasteiger partial charge in [0.2, 0.25) is 5.88 Å². The number of aryl methyl sites for hydroxylation is 1. The summed E-state index contributed by atoms with van der Waals surface area (Å²) in [7, 11) is 0. The highest BCUT2D eigenvalue weighted by Gasteiger charge is 2.38. The van der Waals surface area contributed by atoms with Gasteiger partial charge in [0.05, 0.1) is 0 Å². The van der Waals surface area contributed by atoms with Gasteiger partial charge in [-0.15, -0.1) is 16.4 Å². The van der Waals surface area contributed by atoms with Crippen LogP contribution in [0.1, 0.15) is 49.1 Å². The lowest BCUT2D eigenvalue weighted by atomic mass is 9.85. The molecule has 4 heteroatoms. The van der Waals surface area contributed by atoms with Gasteiger partial charge in [-0.2, -0.15) is 0 Å². The van der Waals surface area contributed by atoms with Crippen LogP contribution >= 0.6 is 11.3 Å². The van der Waals surface area contributed by atoms with Gasteiger partial charge in [0.15, 0.2) is 0 Å². The number of nitrogens with zero attached hydrogens (tertiary/aromatic N) is 1. The quantitative estimate of drug-likeness (QED) is 0.896. The molecule has 0 amide bonds. The average molecular weight is 278 g/mol. The number of hydroxylamine groups is 2. The van der Waals surface area contributed by atoms with Gasteiger partial charge in [-0.3, -0.25) is 0 Å². The van der Waals surface area contributed by atoms with Crippen LogP contribution in [0.3, 0.4) is 0 Å². The molecule has 1 aromatic heterocycles. The van der Waals surface area contributed by atoms with Gasteiger partial charge in [0, 0.05) is 17.0 Å². The normalized spacial score (nSPS) is 32.1. The van der Waals surface area contributed by atoms with E-state index in [0.717, 1.165) is 0 Å². The molecule has 0 saturated heterocycles. The highest BCUT2D eigenvalue weighted by atomic mass is 32.1. The first-order chi connectivity index (χ1) is 9.16. The van der Waals surface area contributed by atoms with Crippen LogP contribution in [0.15, 0.2) is 23.4 Å². The first kappa shape index (κ1) is 13.0. The molecule has 1 saturated carbocycles. The van der Waals surface area contributed by atoms with Gasteiger partial charge in [0.1, 0.15) is 6.04 Å². The zero-order valence-corrected chi connectivity index (χ0v) is 12.5. The number of rotatable bonds is 2. The van der Waals surface area contributed by atoms with Crippen LogP contribution in [0.2, 0.25) is 0 Å². The van der Waals surface area contributed by atoms with Crippen molar-refractivity contribution in [2.24, 2.45) is 11.7 Å². The summed E-state index contributed by atoms with van der Waals surface area (Å²) in [4.78, 5) is 7.20. The molecule has 3 atom stereocenters. The molecule has 2 heterocycles. The van der Waals surface area contributed by atoms with Crippen LogP contribution in [-0.2, 0) is 4.84 Å². The Hall–Kier alpha value is -1.00. The summed E-state index contributed by atoms with van der Waals surface area (Å²) in [6.07, 6.45) is 7.20. The molecule has 2 N–H and O–H groups in total. The summed E-state index contributed by atoms with van der Waals surface area (Å²) in [5.41, 5.74) is 7.26. The molecule has 3 unspecified atom stereocenters. The maximum Gasteiger partial charge on any atom is 0.207 e. The second-order valence-corrected chi connectivity index (χ2v) is 6.71. The summed E-state index contributed by atoms with van der Waals surface area (Å²) in [5.74, 6) is 1.23. The predicted octanol–water partition coefficient (Wildman–Crippen LogP) is 3.72. The van der Waals surface area contributed by atoms with Gasteiger partial charge in [-0.05, 0) is 42.7 Å². The van der Waals surface area contributed by atoms with Crippen LogP contribution in [0.25, 0.3) is 0 Å². The fraction of sp³-hybridized carbons (Fsp3) is 0.600. The minimum Gasteiger partial charge on any atom is -0.387 e. The summed E-state index contributed by atoms with van der Waals surface area (Å²) < 4.78 is 0. The fourth-order valence-electron chi connectivity index (χ4n) is 3.27. The Morgan fingerprint density at radius 2 is 2.16 bits per heavy atom. The molecule has 3 rings (SSSR count). The summed E-state index contributed by atoms with van der Waals surface area (Å²) >= 11 is 1.80. The molecule has 1 aliphatic carbocycles. The van der Waals surface area contributed by atoms with Crippen LogP contribution in [0.5, 0.6) is 0 Å². The molecular weight excluding hydrogens is 256 g/mol. The Kier molecular flexibility index (Phi) is 3.54. The number of thiophene rings is 1. The summed E-state index contributed by atoms with van der Waals surface area (Å²) in [6, 6.07) is 2.85. The van der Waals surface area contributed by atoms with Gasteiger partial charge in [0.25, 0.3) is 0 Å². The molecule has 2 aliphatic rings. The number of nitrogens with two attached hydrogens (primary N) is 1. The molecular formula is C15H22N2OS. The Morgan fingerprint density at radius 3 is 2.84 bits per heavy atom. The highest BCUT2D eigenvalue weighted by Crippen LogP contribution is 2.40. The second-order valence-electron chi connectivity index (χ2n) is 5.76. The average Bonchev–Trinajstić information content (AvgIpc) is 2.96. The molecule has 0 bridgehead atoms. The molecule has 3 nitrogen and oxygen atoms in total. The van der Waals surface area contributed by atoms with Crippen molar-refractivity contribution in [1.82, 2.24) is 5.06 Å². The van der Waals surface area contributed by atoms with E-state index in [2.05, 4.69) is 36.4 Å². The molecule has 1 aliphatic heterocycles. The zero-order valence-electron chi connectivity index (χ0n) is 11.6. The first-order valence-electron chi connectivity index (χ1n) is 7.14. The lowest BCUT2D eigenvalue weighted by molar-refractivity contribution is -0.170. The third kappa shape index (κ3) is 2.39. The summed E-state index contributed by atoms with van der Waals surface area (Å²) in [5, 5.41) is 4.30. The largest absolute Gasteiger partial charge is 0.387 e. The lowest BCUT2D eigenvalue weighted by Crippen LogP contribution is -2.41. The Balaban J connectivity index is 1.86. The monoisotopic (exact) mass is 278 g/mol.